The first-order chi connectivity index (χ1) is 15.5. The maximum Gasteiger partial charge on any atom is 0.266 e. The Morgan fingerprint density at radius 1 is 1.18 bits per heavy atom. The van der Waals surface area contributed by atoms with Crippen LogP contribution in [0.15, 0.2) is 47.3 Å². The average molecular weight is 470 g/mol. The quantitative estimate of drug-likeness (QED) is 0.469. The maximum atomic E-state index is 13.6. The zero-order chi connectivity index (χ0) is 24.3. The molecule has 0 saturated carbocycles. The van der Waals surface area contributed by atoms with Crippen LogP contribution in [-0.2, 0) is 9.53 Å². The molecule has 0 bridgehead atoms. The highest BCUT2D eigenvalue weighted by atomic mass is 35.5. The Bertz CT molecular complexity index is 1200. The van der Waals surface area contributed by atoms with Gasteiger partial charge in [-0.05, 0) is 49.6 Å². The molecule has 1 heterocycles. The van der Waals surface area contributed by atoms with Gasteiger partial charge in [-0.1, -0.05) is 50.1 Å². The molecule has 7 heteroatoms. The van der Waals surface area contributed by atoms with Crippen molar-refractivity contribution >= 4 is 28.4 Å². The number of carbonyl (C=O) groups is 1. The first-order valence-electron chi connectivity index (χ1n) is 11.1. The molecule has 0 N–H and O–H groups in total. The van der Waals surface area contributed by atoms with E-state index in [0.29, 0.717) is 47.0 Å². The van der Waals surface area contributed by atoms with Crippen molar-refractivity contribution in [2.24, 2.45) is 5.41 Å². The number of halogens is 1. The van der Waals surface area contributed by atoms with Crippen molar-refractivity contribution in [2.45, 2.75) is 47.1 Å². The summed E-state index contributed by atoms with van der Waals surface area (Å²) in [5, 5.41) is 0.974. The third kappa shape index (κ3) is 5.81. The van der Waals surface area contributed by atoms with Crippen LogP contribution in [-0.4, -0.2) is 40.6 Å². The summed E-state index contributed by atoms with van der Waals surface area (Å²) in [6.45, 7) is 10.8. The van der Waals surface area contributed by atoms with Crippen LogP contribution in [0.2, 0.25) is 5.02 Å². The third-order valence-corrected chi connectivity index (χ3v) is 5.76. The van der Waals surface area contributed by atoms with Crippen molar-refractivity contribution in [2.75, 3.05) is 20.3 Å². The van der Waals surface area contributed by atoms with E-state index in [1.54, 1.807) is 34.8 Å². The summed E-state index contributed by atoms with van der Waals surface area (Å²) in [7, 11) is 1.61. The molecule has 6 nitrogen and oxygen atoms in total. The number of hydrogen-bond acceptors (Lipinski definition) is 4. The molecule has 0 aliphatic rings. The van der Waals surface area contributed by atoms with E-state index in [0.717, 1.165) is 5.56 Å². The minimum absolute atomic E-state index is 0.0112. The van der Waals surface area contributed by atoms with E-state index >= 15 is 0 Å². The molecule has 3 aromatic rings. The Balaban J connectivity index is 2.22. The molecule has 0 aliphatic carbocycles. The standard InChI is InChI=1S/C26H32ClN3O3/c1-17-7-10-20(11-8-17)30-24(28-22-15-19(27)9-12-21(22)25(30)32)18(2)29(13-14-33-6)23(31)16-26(3,4)5/h7-12,15,18H,13-14,16H2,1-6H3. The Morgan fingerprint density at radius 2 is 1.85 bits per heavy atom. The molecule has 1 atom stereocenters. The summed E-state index contributed by atoms with van der Waals surface area (Å²) < 4.78 is 6.88. The van der Waals surface area contributed by atoms with Crippen LogP contribution >= 0.6 is 11.6 Å². The normalized spacial score (nSPS) is 12.7. The molecular formula is C26H32ClN3O3. The fourth-order valence-corrected chi connectivity index (χ4v) is 3.98. The summed E-state index contributed by atoms with van der Waals surface area (Å²) in [6.07, 6.45) is 0.370. The molecular weight excluding hydrogens is 438 g/mol. The van der Waals surface area contributed by atoms with Crippen molar-refractivity contribution in [3.8, 4) is 5.69 Å². The van der Waals surface area contributed by atoms with Gasteiger partial charge in [-0.25, -0.2) is 4.98 Å². The van der Waals surface area contributed by atoms with Crippen LogP contribution in [0.5, 0.6) is 0 Å². The largest absolute Gasteiger partial charge is 0.383 e. The minimum atomic E-state index is -0.465. The zero-order valence-corrected chi connectivity index (χ0v) is 20.9. The monoisotopic (exact) mass is 469 g/mol. The van der Waals surface area contributed by atoms with Gasteiger partial charge in [0.25, 0.3) is 5.56 Å². The number of ether oxygens (including phenoxy) is 1. The molecule has 0 radical (unpaired) electrons. The van der Waals surface area contributed by atoms with E-state index in [1.807, 2.05) is 58.9 Å². The summed E-state index contributed by atoms with van der Waals surface area (Å²) in [6, 6.07) is 12.3. The van der Waals surface area contributed by atoms with Gasteiger partial charge in [0.05, 0.1) is 29.2 Å². The highest BCUT2D eigenvalue weighted by Gasteiger charge is 2.29. The van der Waals surface area contributed by atoms with Gasteiger partial charge in [0.2, 0.25) is 5.91 Å². The highest BCUT2D eigenvalue weighted by Crippen LogP contribution is 2.27. The third-order valence-electron chi connectivity index (χ3n) is 5.53. The van der Waals surface area contributed by atoms with E-state index in [9.17, 15) is 9.59 Å². The Hall–Kier alpha value is -2.70. The molecule has 1 amide bonds. The number of fused-ring (bicyclic) bond motifs is 1. The van der Waals surface area contributed by atoms with Crippen molar-refractivity contribution < 1.29 is 9.53 Å². The van der Waals surface area contributed by atoms with Gasteiger partial charge in [-0.2, -0.15) is 0 Å². The maximum absolute atomic E-state index is 13.6. The minimum Gasteiger partial charge on any atom is -0.383 e. The zero-order valence-electron chi connectivity index (χ0n) is 20.2. The van der Waals surface area contributed by atoms with Crippen LogP contribution in [0.25, 0.3) is 16.6 Å². The summed E-state index contributed by atoms with van der Waals surface area (Å²) in [5.41, 5.74) is 1.92. The Kier molecular flexibility index (Phi) is 7.60. The van der Waals surface area contributed by atoms with Crippen molar-refractivity contribution in [1.29, 1.82) is 0 Å². The first-order valence-corrected chi connectivity index (χ1v) is 11.5. The van der Waals surface area contributed by atoms with Gasteiger partial charge in [0.15, 0.2) is 0 Å². The molecule has 0 spiro atoms. The molecule has 2 aromatic carbocycles. The second kappa shape index (κ2) is 10.1. The van der Waals surface area contributed by atoms with Gasteiger partial charge in [-0.15, -0.1) is 0 Å². The number of hydrogen-bond donors (Lipinski definition) is 0. The van der Waals surface area contributed by atoms with Gasteiger partial charge in [0, 0.05) is 25.1 Å². The SMILES string of the molecule is COCCN(C(=O)CC(C)(C)C)C(C)c1nc2cc(Cl)ccc2c(=O)n1-c1ccc(C)cc1. The molecule has 33 heavy (non-hydrogen) atoms. The number of amides is 1. The average Bonchev–Trinajstić information content (AvgIpc) is 2.73. The second-order valence-corrected chi connectivity index (χ2v) is 10.0. The first kappa shape index (κ1) is 24.9. The van der Waals surface area contributed by atoms with Gasteiger partial charge >= 0.3 is 0 Å². The van der Waals surface area contributed by atoms with Crippen LogP contribution in [0.4, 0.5) is 0 Å². The lowest BCUT2D eigenvalue weighted by Crippen LogP contribution is -2.40. The van der Waals surface area contributed by atoms with Crippen LogP contribution in [0.1, 0.15) is 51.5 Å². The fourth-order valence-electron chi connectivity index (χ4n) is 3.82. The van der Waals surface area contributed by atoms with Crippen molar-refractivity contribution in [3.63, 3.8) is 0 Å². The molecule has 1 aromatic heterocycles. The molecule has 3 rings (SSSR count). The topological polar surface area (TPSA) is 64.4 Å². The van der Waals surface area contributed by atoms with Gasteiger partial charge in [-0.3, -0.25) is 14.2 Å². The molecule has 0 saturated heterocycles. The lowest BCUT2D eigenvalue weighted by atomic mass is 9.91. The van der Waals surface area contributed by atoms with Crippen LogP contribution in [0, 0.1) is 12.3 Å². The number of rotatable bonds is 7. The number of carbonyl (C=O) groups excluding carboxylic acids is 1. The molecule has 1 unspecified atom stereocenters. The molecule has 0 fully saturated rings. The predicted molar refractivity (Wildman–Crippen MR) is 133 cm³/mol. The number of aryl methyl sites for hydroxylation is 1. The van der Waals surface area contributed by atoms with Crippen LogP contribution in [0.3, 0.4) is 0 Å². The summed E-state index contributed by atoms with van der Waals surface area (Å²) in [5.74, 6) is 0.472. The lowest BCUT2D eigenvalue weighted by Gasteiger charge is -2.32. The van der Waals surface area contributed by atoms with E-state index in [2.05, 4.69) is 0 Å². The fraction of sp³-hybridized carbons (Fsp3) is 0.423. The van der Waals surface area contributed by atoms with E-state index < -0.39 is 6.04 Å². The van der Waals surface area contributed by atoms with E-state index in [4.69, 9.17) is 21.3 Å². The lowest BCUT2D eigenvalue weighted by molar-refractivity contribution is -0.136. The number of benzene rings is 2. The van der Waals surface area contributed by atoms with Crippen molar-refractivity contribution in [3.05, 3.63) is 69.2 Å². The van der Waals surface area contributed by atoms with E-state index in [-0.39, 0.29) is 16.9 Å². The second-order valence-electron chi connectivity index (χ2n) is 9.60. The van der Waals surface area contributed by atoms with Crippen molar-refractivity contribution in [1.82, 2.24) is 14.5 Å². The van der Waals surface area contributed by atoms with Gasteiger partial charge in [0.1, 0.15) is 5.82 Å². The number of nitrogens with zero attached hydrogens (tertiary/aromatic N) is 3. The summed E-state index contributed by atoms with van der Waals surface area (Å²) in [4.78, 5) is 33.5. The molecule has 176 valence electrons. The summed E-state index contributed by atoms with van der Waals surface area (Å²) >= 11 is 6.20. The Morgan fingerprint density at radius 3 is 2.45 bits per heavy atom. The number of methoxy groups -OCH3 is 1. The van der Waals surface area contributed by atoms with E-state index in [1.165, 1.54) is 0 Å². The van der Waals surface area contributed by atoms with Gasteiger partial charge < -0.3 is 9.64 Å². The number of aromatic nitrogens is 2. The highest BCUT2D eigenvalue weighted by molar-refractivity contribution is 6.31. The molecule has 0 aliphatic heterocycles. The van der Waals surface area contributed by atoms with Crippen LogP contribution < -0.4 is 5.56 Å². The predicted octanol–water partition coefficient (Wildman–Crippen LogP) is 5.32. The smallest absolute Gasteiger partial charge is 0.266 e. The Labute approximate surface area is 200 Å².